The zero-order valence-electron chi connectivity index (χ0n) is 9.54. The van der Waals surface area contributed by atoms with E-state index in [-0.39, 0.29) is 12.1 Å². The second kappa shape index (κ2) is 5.39. The summed E-state index contributed by atoms with van der Waals surface area (Å²) in [7, 11) is 2.02. The lowest BCUT2D eigenvalue weighted by molar-refractivity contribution is -0.0563. The van der Waals surface area contributed by atoms with Crippen LogP contribution in [0.5, 0.6) is 0 Å². The Morgan fingerprint density at radius 1 is 1.50 bits per heavy atom. The SMILES string of the molecule is CN(Cc1ccncc1)C1COCCC1O. The zero-order valence-corrected chi connectivity index (χ0v) is 9.54. The van der Waals surface area contributed by atoms with Gasteiger partial charge in [0.1, 0.15) is 0 Å². The number of nitrogens with zero attached hydrogens (tertiary/aromatic N) is 2. The number of aliphatic hydroxyl groups is 1. The summed E-state index contributed by atoms with van der Waals surface area (Å²) in [5.74, 6) is 0. The molecule has 0 bridgehead atoms. The van der Waals surface area contributed by atoms with Gasteiger partial charge in [0.15, 0.2) is 0 Å². The summed E-state index contributed by atoms with van der Waals surface area (Å²) in [6.45, 7) is 2.09. The highest BCUT2D eigenvalue weighted by molar-refractivity contribution is 5.09. The molecule has 16 heavy (non-hydrogen) atoms. The number of likely N-dealkylation sites (N-methyl/N-ethyl adjacent to an activating group) is 1. The normalized spacial score (nSPS) is 25.9. The highest BCUT2D eigenvalue weighted by Crippen LogP contribution is 2.15. The minimum atomic E-state index is -0.277. The predicted molar refractivity (Wildman–Crippen MR) is 60.9 cm³/mol. The summed E-state index contributed by atoms with van der Waals surface area (Å²) < 4.78 is 5.40. The quantitative estimate of drug-likeness (QED) is 0.816. The van der Waals surface area contributed by atoms with Crippen LogP contribution in [-0.2, 0) is 11.3 Å². The van der Waals surface area contributed by atoms with E-state index in [4.69, 9.17) is 4.74 Å². The standard InChI is InChI=1S/C12H18N2O2/c1-14(8-10-2-5-13-6-3-10)11-9-16-7-4-12(11)15/h2-3,5-6,11-12,15H,4,7-9H2,1H3. The van der Waals surface area contributed by atoms with Crippen LogP contribution in [0.1, 0.15) is 12.0 Å². The van der Waals surface area contributed by atoms with Crippen LogP contribution >= 0.6 is 0 Å². The number of pyridine rings is 1. The summed E-state index contributed by atoms with van der Waals surface area (Å²) in [6.07, 6.45) is 4.03. The van der Waals surface area contributed by atoms with Gasteiger partial charge < -0.3 is 9.84 Å². The summed E-state index contributed by atoms with van der Waals surface area (Å²) in [5.41, 5.74) is 1.20. The van der Waals surface area contributed by atoms with Crippen LogP contribution in [-0.4, -0.2) is 47.4 Å². The number of rotatable bonds is 3. The highest BCUT2D eigenvalue weighted by atomic mass is 16.5. The fourth-order valence-electron chi connectivity index (χ4n) is 2.03. The lowest BCUT2D eigenvalue weighted by Crippen LogP contribution is -2.47. The number of aliphatic hydroxyl groups excluding tert-OH is 1. The Labute approximate surface area is 95.9 Å². The van der Waals surface area contributed by atoms with Crippen molar-refractivity contribution >= 4 is 0 Å². The molecule has 1 aliphatic heterocycles. The first-order chi connectivity index (χ1) is 7.77. The average molecular weight is 222 g/mol. The Morgan fingerprint density at radius 2 is 2.25 bits per heavy atom. The lowest BCUT2D eigenvalue weighted by Gasteiger charge is -2.35. The molecule has 88 valence electrons. The van der Waals surface area contributed by atoms with Crippen molar-refractivity contribution in [2.24, 2.45) is 0 Å². The Balaban J connectivity index is 1.94. The molecule has 2 atom stereocenters. The molecule has 1 fully saturated rings. The van der Waals surface area contributed by atoms with Crippen LogP contribution < -0.4 is 0 Å². The van der Waals surface area contributed by atoms with E-state index < -0.39 is 0 Å². The topological polar surface area (TPSA) is 45.6 Å². The second-order valence-corrected chi connectivity index (χ2v) is 4.27. The molecule has 0 aliphatic carbocycles. The molecule has 0 amide bonds. The van der Waals surface area contributed by atoms with Crippen molar-refractivity contribution in [2.45, 2.75) is 25.1 Å². The molecule has 0 spiro atoms. The van der Waals surface area contributed by atoms with Gasteiger partial charge in [0.25, 0.3) is 0 Å². The molecule has 2 unspecified atom stereocenters. The molecule has 0 aromatic carbocycles. The Morgan fingerprint density at radius 3 is 2.94 bits per heavy atom. The van der Waals surface area contributed by atoms with Gasteiger partial charge in [-0.3, -0.25) is 9.88 Å². The van der Waals surface area contributed by atoms with Crippen LogP contribution in [0.25, 0.3) is 0 Å². The molecular formula is C12H18N2O2. The van der Waals surface area contributed by atoms with E-state index in [1.165, 1.54) is 5.56 Å². The molecule has 4 heteroatoms. The minimum absolute atomic E-state index is 0.0990. The molecule has 2 heterocycles. The number of hydrogen-bond acceptors (Lipinski definition) is 4. The van der Waals surface area contributed by atoms with Gasteiger partial charge >= 0.3 is 0 Å². The highest BCUT2D eigenvalue weighted by Gasteiger charge is 2.27. The van der Waals surface area contributed by atoms with Crippen molar-refractivity contribution < 1.29 is 9.84 Å². The molecule has 1 aliphatic rings. The predicted octanol–water partition coefficient (Wildman–Crippen LogP) is 0.663. The zero-order chi connectivity index (χ0) is 11.4. The largest absolute Gasteiger partial charge is 0.391 e. The van der Waals surface area contributed by atoms with Crippen LogP contribution in [0, 0.1) is 0 Å². The molecule has 1 aromatic rings. The fraction of sp³-hybridized carbons (Fsp3) is 0.583. The van der Waals surface area contributed by atoms with E-state index in [1.54, 1.807) is 12.4 Å². The molecule has 4 nitrogen and oxygen atoms in total. The van der Waals surface area contributed by atoms with Crippen molar-refractivity contribution in [3.05, 3.63) is 30.1 Å². The van der Waals surface area contributed by atoms with Crippen molar-refractivity contribution in [1.29, 1.82) is 0 Å². The van der Waals surface area contributed by atoms with Crippen LogP contribution in [0.2, 0.25) is 0 Å². The smallest absolute Gasteiger partial charge is 0.0739 e. The monoisotopic (exact) mass is 222 g/mol. The third-order valence-corrected chi connectivity index (χ3v) is 3.04. The molecule has 1 aromatic heterocycles. The van der Waals surface area contributed by atoms with Crippen LogP contribution in [0.3, 0.4) is 0 Å². The maximum Gasteiger partial charge on any atom is 0.0739 e. The fourth-order valence-corrected chi connectivity index (χ4v) is 2.03. The van der Waals surface area contributed by atoms with E-state index in [0.29, 0.717) is 13.2 Å². The molecule has 1 N–H and O–H groups in total. The van der Waals surface area contributed by atoms with E-state index in [9.17, 15) is 5.11 Å². The van der Waals surface area contributed by atoms with E-state index in [0.717, 1.165) is 13.0 Å². The van der Waals surface area contributed by atoms with Gasteiger partial charge in [0, 0.05) is 25.5 Å². The van der Waals surface area contributed by atoms with E-state index >= 15 is 0 Å². The number of aromatic nitrogens is 1. The van der Waals surface area contributed by atoms with Crippen LogP contribution in [0.15, 0.2) is 24.5 Å². The van der Waals surface area contributed by atoms with Gasteiger partial charge in [-0.1, -0.05) is 0 Å². The summed E-state index contributed by atoms with van der Waals surface area (Å²) >= 11 is 0. The first kappa shape index (κ1) is 11.5. The molecular weight excluding hydrogens is 204 g/mol. The van der Waals surface area contributed by atoms with E-state index in [1.807, 2.05) is 19.2 Å². The summed E-state index contributed by atoms with van der Waals surface area (Å²) in [6, 6.07) is 4.08. The van der Waals surface area contributed by atoms with Gasteiger partial charge in [-0.25, -0.2) is 0 Å². The first-order valence-corrected chi connectivity index (χ1v) is 5.62. The third kappa shape index (κ3) is 2.78. The summed E-state index contributed by atoms with van der Waals surface area (Å²) in [5, 5.41) is 9.88. The van der Waals surface area contributed by atoms with Crippen molar-refractivity contribution in [3.8, 4) is 0 Å². The maximum atomic E-state index is 9.88. The third-order valence-electron chi connectivity index (χ3n) is 3.04. The first-order valence-electron chi connectivity index (χ1n) is 5.62. The van der Waals surface area contributed by atoms with Gasteiger partial charge in [-0.2, -0.15) is 0 Å². The Hall–Kier alpha value is -0.970. The van der Waals surface area contributed by atoms with Gasteiger partial charge in [-0.05, 0) is 31.2 Å². The maximum absolute atomic E-state index is 9.88. The molecule has 1 saturated heterocycles. The molecule has 0 saturated carbocycles. The van der Waals surface area contributed by atoms with Crippen molar-refractivity contribution in [1.82, 2.24) is 9.88 Å². The van der Waals surface area contributed by atoms with Crippen LogP contribution in [0.4, 0.5) is 0 Å². The minimum Gasteiger partial charge on any atom is -0.391 e. The van der Waals surface area contributed by atoms with Gasteiger partial charge in [-0.15, -0.1) is 0 Å². The molecule has 2 rings (SSSR count). The number of hydrogen-bond donors (Lipinski definition) is 1. The lowest BCUT2D eigenvalue weighted by atomic mass is 10.1. The average Bonchev–Trinajstić information content (AvgIpc) is 2.31. The van der Waals surface area contributed by atoms with Gasteiger partial charge in [0.05, 0.1) is 18.8 Å². The molecule has 0 radical (unpaired) electrons. The van der Waals surface area contributed by atoms with Gasteiger partial charge in [0.2, 0.25) is 0 Å². The Bertz CT molecular complexity index is 318. The Kier molecular flexibility index (Phi) is 3.88. The van der Waals surface area contributed by atoms with E-state index in [2.05, 4.69) is 9.88 Å². The number of ether oxygens (including phenoxy) is 1. The summed E-state index contributed by atoms with van der Waals surface area (Å²) in [4.78, 5) is 6.13. The van der Waals surface area contributed by atoms with Crippen molar-refractivity contribution in [3.63, 3.8) is 0 Å². The second-order valence-electron chi connectivity index (χ2n) is 4.27. The van der Waals surface area contributed by atoms with Crippen molar-refractivity contribution in [2.75, 3.05) is 20.3 Å².